The molecule has 0 spiro atoms. The first-order valence-corrected chi connectivity index (χ1v) is 8.79. The van der Waals surface area contributed by atoms with Gasteiger partial charge in [-0.25, -0.2) is 4.98 Å². The summed E-state index contributed by atoms with van der Waals surface area (Å²) >= 11 is 1.58. The Bertz CT molecular complexity index is 699. The SMILES string of the molecule is Cl.Cn1ccnc1Sc1ccc(NC(=O)C2(CN)CCOCC2)cc1. The molecule has 2 aromatic rings. The number of imidazole rings is 1. The van der Waals surface area contributed by atoms with E-state index in [1.165, 1.54) is 0 Å². The van der Waals surface area contributed by atoms with Crippen molar-refractivity contribution in [3.05, 3.63) is 36.7 Å². The third-order valence-corrected chi connectivity index (χ3v) is 5.50. The van der Waals surface area contributed by atoms with Crippen molar-refractivity contribution >= 4 is 35.8 Å². The number of carbonyl (C=O) groups is 1. The lowest BCUT2D eigenvalue weighted by Gasteiger charge is -2.34. The van der Waals surface area contributed by atoms with E-state index in [0.29, 0.717) is 32.6 Å². The van der Waals surface area contributed by atoms with Gasteiger partial charge in [-0.3, -0.25) is 4.79 Å². The van der Waals surface area contributed by atoms with Crippen LogP contribution in [0, 0.1) is 5.41 Å². The molecule has 1 aromatic heterocycles. The van der Waals surface area contributed by atoms with Gasteiger partial charge in [-0.15, -0.1) is 12.4 Å². The van der Waals surface area contributed by atoms with E-state index in [9.17, 15) is 4.79 Å². The fraction of sp³-hybridized carbons (Fsp3) is 0.412. The highest BCUT2D eigenvalue weighted by Gasteiger charge is 2.38. The van der Waals surface area contributed by atoms with Gasteiger partial charge in [0.2, 0.25) is 5.91 Å². The number of aromatic nitrogens is 2. The summed E-state index contributed by atoms with van der Waals surface area (Å²) in [6.45, 7) is 1.52. The molecule has 1 amide bonds. The number of nitrogens with two attached hydrogens (primary N) is 1. The van der Waals surface area contributed by atoms with E-state index < -0.39 is 5.41 Å². The van der Waals surface area contributed by atoms with Crippen LogP contribution in [0.3, 0.4) is 0 Å². The number of halogens is 1. The van der Waals surface area contributed by atoms with Crippen LogP contribution in [0.15, 0.2) is 46.7 Å². The van der Waals surface area contributed by atoms with Crippen LogP contribution in [0.4, 0.5) is 5.69 Å². The zero-order chi connectivity index (χ0) is 17.0. The van der Waals surface area contributed by atoms with Crippen molar-refractivity contribution < 1.29 is 9.53 Å². The Morgan fingerprint density at radius 2 is 2.04 bits per heavy atom. The number of benzene rings is 1. The topological polar surface area (TPSA) is 82.2 Å². The second-order valence-corrected chi connectivity index (χ2v) is 7.04. The van der Waals surface area contributed by atoms with E-state index >= 15 is 0 Å². The minimum atomic E-state index is -0.515. The third kappa shape index (κ3) is 4.55. The van der Waals surface area contributed by atoms with Gasteiger partial charge in [0.15, 0.2) is 5.16 Å². The summed E-state index contributed by atoms with van der Waals surface area (Å²) in [6, 6.07) is 7.78. The van der Waals surface area contributed by atoms with Crippen LogP contribution in [0.5, 0.6) is 0 Å². The molecule has 6 nitrogen and oxygen atoms in total. The fourth-order valence-electron chi connectivity index (χ4n) is 2.71. The van der Waals surface area contributed by atoms with Crippen molar-refractivity contribution in [3.8, 4) is 0 Å². The summed E-state index contributed by atoms with van der Waals surface area (Å²) in [6.07, 6.45) is 5.03. The van der Waals surface area contributed by atoms with Gasteiger partial charge in [0.1, 0.15) is 0 Å². The quantitative estimate of drug-likeness (QED) is 0.830. The van der Waals surface area contributed by atoms with Gasteiger partial charge in [0.25, 0.3) is 0 Å². The van der Waals surface area contributed by atoms with Gasteiger partial charge in [0.05, 0.1) is 5.41 Å². The lowest BCUT2D eigenvalue weighted by molar-refractivity contribution is -0.130. The Kier molecular flexibility index (Phi) is 6.89. The van der Waals surface area contributed by atoms with E-state index in [2.05, 4.69) is 10.3 Å². The first-order chi connectivity index (χ1) is 11.6. The average Bonchev–Trinajstić information content (AvgIpc) is 3.02. The molecule has 3 N–H and O–H groups in total. The summed E-state index contributed by atoms with van der Waals surface area (Å²) in [5, 5.41) is 3.92. The number of amides is 1. The molecule has 1 aliphatic rings. The molecule has 1 saturated heterocycles. The minimum absolute atomic E-state index is 0. The van der Waals surface area contributed by atoms with E-state index in [1.807, 2.05) is 42.1 Å². The van der Waals surface area contributed by atoms with Crippen LogP contribution >= 0.6 is 24.2 Å². The zero-order valence-electron chi connectivity index (χ0n) is 14.1. The van der Waals surface area contributed by atoms with Gasteiger partial charge in [-0.1, -0.05) is 11.8 Å². The number of hydrogen-bond donors (Lipinski definition) is 2. The Balaban J connectivity index is 0.00000225. The highest BCUT2D eigenvalue weighted by molar-refractivity contribution is 7.99. The van der Waals surface area contributed by atoms with Crippen LogP contribution in [0.25, 0.3) is 0 Å². The van der Waals surface area contributed by atoms with Crippen molar-refractivity contribution in [1.82, 2.24) is 9.55 Å². The maximum absolute atomic E-state index is 12.6. The van der Waals surface area contributed by atoms with Crippen LogP contribution in [0.2, 0.25) is 0 Å². The predicted molar refractivity (Wildman–Crippen MR) is 101 cm³/mol. The number of rotatable bonds is 5. The first-order valence-electron chi connectivity index (χ1n) is 7.97. The lowest BCUT2D eigenvalue weighted by Crippen LogP contribution is -2.46. The second-order valence-electron chi connectivity index (χ2n) is 6.00. The molecular formula is C17H23ClN4O2S. The molecule has 1 fully saturated rings. The highest BCUT2D eigenvalue weighted by atomic mass is 35.5. The molecule has 0 radical (unpaired) electrons. The lowest BCUT2D eigenvalue weighted by atomic mass is 9.79. The first kappa shape index (κ1) is 19.8. The summed E-state index contributed by atoms with van der Waals surface area (Å²) in [5.41, 5.74) is 6.14. The third-order valence-electron chi connectivity index (χ3n) is 4.42. The Morgan fingerprint density at radius 1 is 1.36 bits per heavy atom. The van der Waals surface area contributed by atoms with E-state index in [-0.39, 0.29) is 18.3 Å². The van der Waals surface area contributed by atoms with E-state index in [0.717, 1.165) is 15.7 Å². The zero-order valence-corrected chi connectivity index (χ0v) is 15.7. The molecule has 0 unspecified atom stereocenters. The van der Waals surface area contributed by atoms with Crippen LogP contribution in [0.1, 0.15) is 12.8 Å². The molecule has 0 atom stereocenters. The molecule has 136 valence electrons. The number of ether oxygens (including phenoxy) is 1. The summed E-state index contributed by atoms with van der Waals surface area (Å²) in [4.78, 5) is 18.0. The molecule has 0 bridgehead atoms. The summed E-state index contributed by atoms with van der Waals surface area (Å²) in [7, 11) is 1.96. The van der Waals surface area contributed by atoms with Gasteiger partial charge in [-0.2, -0.15) is 0 Å². The Labute approximate surface area is 157 Å². The average molecular weight is 383 g/mol. The van der Waals surface area contributed by atoms with Crippen molar-refractivity contribution in [2.45, 2.75) is 22.9 Å². The van der Waals surface area contributed by atoms with E-state index in [1.54, 1.807) is 18.0 Å². The number of nitrogens with one attached hydrogen (secondary N) is 1. The van der Waals surface area contributed by atoms with Gasteiger partial charge in [-0.05, 0) is 37.1 Å². The minimum Gasteiger partial charge on any atom is -0.381 e. The maximum Gasteiger partial charge on any atom is 0.232 e. The molecule has 8 heteroatoms. The molecule has 1 aromatic carbocycles. The van der Waals surface area contributed by atoms with Gasteiger partial charge < -0.3 is 20.4 Å². The normalized spacial score (nSPS) is 16.1. The second kappa shape index (κ2) is 8.71. The molecule has 2 heterocycles. The van der Waals surface area contributed by atoms with Crippen LogP contribution in [-0.2, 0) is 16.6 Å². The van der Waals surface area contributed by atoms with Crippen LogP contribution < -0.4 is 11.1 Å². The van der Waals surface area contributed by atoms with Crippen molar-refractivity contribution in [2.24, 2.45) is 18.2 Å². The summed E-state index contributed by atoms with van der Waals surface area (Å²) in [5.74, 6) is -0.0159. The molecule has 0 saturated carbocycles. The Hall–Kier alpha value is -1.54. The van der Waals surface area contributed by atoms with E-state index in [4.69, 9.17) is 10.5 Å². The molecular weight excluding hydrogens is 360 g/mol. The van der Waals surface area contributed by atoms with Gasteiger partial charge in [0, 0.05) is 49.8 Å². The molecule has 3 rings (SSSR count). The predicted octanol–water partition coefficient (Wildman–Crippen LogP) is 2.69. The smallest absolute Gasteiger partial charge is 0.232 e. The monoisotopic (exact) mass is 382 g/mol. The number of hydrogen-bond acceptors (Lipinski definition) is 5. The number of aryl methyl sites for hydroxylation is 1. The van der Waals surface area contributed by atoms with Crippen LogP contribution in [-0.4, -0.2) is 35.2 Å². The number of anilines is 1. The fourth-order valence-corrected chi connectivity index (χ4v) is 3.51. The standard InChI is InChI=1S/C17H22N4O2S.ClH/c1-21-9-8-19-16(21)24-14-4-2-13(3-5-14)20-15(22)17(12-18)6-10-23-11-7-17;/h2-5,8-9H,6-7,10-12,18H2,1H3,(H,20,22);1H. The van der Waals surface area contributed by atoms with Crippen molar-refractivity contribution in [3.63, 3.8) is 0 Å². The summed E-state index contributed by atoms with van der Waals surface area (Å²) < 4.78 is 7.32. The Morgan fingerprint density at radius 3 is 2.60 bits per heavy atom. The highest BCUT2D eigenvalue weighted by Crippen LogP contribution is 2.31. The van der Waals surface area contributed by atoms with Crippen molar-refractivity contribution in [1.29, 1.82) is 0 Å². The molecule has 25 heavy (non-hydrogen) atoms. The van der Waals surface area contributed by atoms with Crippen molar-refractivity contribution in [2.75, 3.05) is 25.1 Å². The maximum atomic E-state index is 12.6. The largest absolute Gasteiger partial charge is 0.381 e. The molecule has 0 aliphatic carbocycles. The number of nitrogens with zero attached hydrogens (tertiary/aromatic N) is 2. The molecule has 1 aliphatic heterocycles. The van der Waals surface area contributed by atoms with Gasteiger partial charge >= 0.3 is 0 Å². The number of carbonyl (C=O) groups excluding carboxylic acids is 1.